The quantitative estimate of drug-likeness (QED) is 0.492. The van der Waals surface area contributed by atoms with Gasteiger partial charge in [-0.2, -0.15) is 0 Å². The second kappa shape index (κ2) is 10.0. The number of benzene rings is 3. The first-order valence-electron chi connectivity index (χ1n) is 11.4. The van der Waals surface area contributed by atoms with Gasteiger partial charge >= 0.3 is 6.09 Å². The lowest BCUT2D eigenvalue weighted by Gasteiger charge is -2.38. The van der Waals surface area contributed by atoms with Crippen LogP contribution in [0.1, 0.15) is 23.5 Å². The van der Waals surface area contributed by atoms with Crippen LogP contribution in [0, 0.1) is 11.7 Å². The molecule has 0 aromatic heterocycles. The minimum absolute atomic E-state index is 0.00825. The van der Waals surface area contributed by atoms with Crippen molar-refractivity contribution in [3.63, 3.8) is 0 Å². The molecule has 2 aliphatic heterocycles. The molecule has 0 bridgehead atoms. The molecule has 2 aliphatic rings. The number of halogens is 1. The lowest BCUT2D eigenvalue weighted by Crippen LogP contribution is -2.45. The molecule has 1 amide bonds. The number of carbonyl (C=O) groups excluding carboxylic acids is 1. The third kappa shape index (κ3) is 5.09. The van der Waals surface area contributed by atoms with Gasteiger partial charge in [-0.1, -0.05) is 42.5 Å². The van der Waals surface area contributed by atoms with Crippen LogP contribution in [0.15, 0.2) is 72.8 Å². The number of ether oxygens (including phenoxy) is 4. The van der Waals surface area contributed by atoms with Gasteiger partial charge in [0.15, 0.2) is 11.5 Å². The summed E-state index contributed by atoms with van der Waals surface area (Å²) in [7, 11) is 0. The maximum atomic E-state index is 13.5. The maximum Gasteiger partial charge on any atom is 0.410 e. The van der Waals surface area contributed by atoms with E-state index >= 15 is 0 Å². The highest BCUT2D eigenvalue weighted by Gasteiger charge is 2.34. The molecule has 6 nitrogen and oxygen atoms in total. The predicted octanol–water partition coefficient (Wildman–Crippen LogP) is 5.38. The molecule has 2 atom stereocenters. The number of hydrogen-bond donors (Lipinski definition) is 0. The smallest absolute Gasteiger partial charge is 0.410 e. The Morgan fingerprint density at radius 1 is 1.00 bits per heavy atom. The molecule has 1 fully saturated rings. The van der Waals surface area contributed by atoms with Crippen molar-refractivity contribution in [3.05, 3.63) is 89.7 Å². The minimum atomic E-state index is -0.338. The molecule has 2 heterocycles. The van der Waals surface area contributed by atoms with Gasteiger partial charge in [-0.25, -0.2) is 9.18 Å². The summed E-state index contributed by atoms with van der Waals surface area (Å²) in [4.78, 5) is 14.5. The Kier molecular flexibility index (Phi) is 6.51. The van der Waals surface area contributed by atoms with Crippen LogP contribution in [0.25, 0.3) is 0 Å². The molecule has 0 radical (unpaired) electrons. The molecule has 3 aromatic rings. The van der Waals surface area contributed by atoms with Crippen molar-refractivity contribution in [2.24, 2.45) is 5.92 Å². The highest BCUT2D eigenvalue weighted by molar-refractivity contribution is 5.67. The zero-order valence-electron chi connectivity index (χ0n) is 18.7. The molecule has 176 valence electrons. The maximum absolute atomic E-state index is 13.5. The van der Waals surface area contributed by atoms with E-state index in [1.165, 1.54) is 12.1 Å². The van der Waals surface area contributed by atoms with E-state index in [0.717, 1.165) is 17.5 Å². The molecule has 0 spiro atoms. The van der Waals surface area contributed by atoms with Gasteiger partial charge in [-0.05, 0) is 47.7 Å². The summed E-state index contributed by atoms with van der Waals surface area (Å²) >= 11 is 0. The highest BCUT2D eigenvalue weighted by atomic mass is 19.1. The average Bonchev–Trinajstić information content (AvgIpc) is 3.35. The monoisotopic (exact) mass is 463 g/mol. The van der Waals surface area contributed by atoms with E-state index < -0.39 is 0 Å². The Morgan fingerprint density at radius 3 is 2.62 bits per heavy atom. The summed E-state index contributed by atoms with van der Waals surface area (Å²) in [5.41, 5.74) is 1.98. The second-order valence-corrected chi connectivity index (χ2v) is 8.52. The standard InChI is InChI=1S/C27H26FNO5/c28-22-8-6-20(7-9-22)24-12-13-29(27(30)32-16-19-4-2-1-3-5-19)15-21(24)17-31-23-10-11-25-26(14-23)34-18-33-25/h1-11,14,21,24H,12-13,15-18H2/t21-,24-/m0/s1. The number of hydrogen-bond acceptors (Lipinski definition) is 5. The van der Waals surface area contributed by atoms with Gasteiger partial charge in [-0.15, -0.1) is 0 Å². The average molecular weight is 464 g/mol. The van der Waals surface area contributed by atoms with E-state index in [0.29, 0.717) is 36.9 Å². The Bertz CT molecular complexity index is 1120. The van der Waals surface area contributed by atoms with Gasteiger partial charge in [0.05, 0.1) is 6.61 Å². The largest absolute Gasteiger partial charge is 0.493 e. The number of nitrogens with zero attached hydrogens (tertiary/aromatic N) is 1. The normalized spacial score (nSPS) is 19.0. The SMILES string of the molecule is O=C(OCc1ccccc1)N1CC[C@@H](c2ccc(F)cc2)[C@H](COc2ccc3c(c2)OCO3)C1. The van der Waals surface area contributed by atoms with Gasteiger partial charge in [-0.3, -0.25) is 0 Å². The van der Waals surface area contributed by atoms with Gasteiger partial charge in [0.1, 0.15) is 18.2 Å². The molecule has 3 aromatic carbocycles. The lowest BCUT2D eigenvalue weighted by atomic mass is 9.81. The van der Waals surface area contributed by atoms with Gasteiger partial charge < -0.3 is 23.8 Å². The van der Waals surface area contributed by atoms with Gasteiger partial charge in [0.2, 0.25) is 6.79 Å². The van der Waals surface area contributed by atoms with Crippen LogP contribution in [0.2, 0.25) is 0 Å². The lowest BCUT2D eigenvalue weighted by molar-refractivity contribution is 0.0642. The van der Waals surface area contributed by atoms with E-state index in [1.54, 1.807) is 4.90 Å². The summed E-state index contributed by atoms with van der Waals surface area (Å²) in [6.45, 7) is 1.88. The summed E-state index contributed by atoms with van der Waals surface area (Å²) in [6.07, 6.45) is 0.399. The first-order chi connectivity index (χ1) is 16.7. The van der Waals surface area contributed by atoms with Crippen LogP contribution in [-0.4, -0.2) is 37.5 Å². The predicted molar refractivity (Wildman–Crippen MR) is 124 cm³/mol. The topological polar surface area (TPSA) is 57.2 Å². The Balaban J connectivity index is 1.27. The summed E-state index contributed by atoms with van der Waals surface area (Å²) < 4.78 is 36.0. The van der Waals surface area contributed by atoms with E-state index in [9.17, 15) is 9.18 Å². The molecular weight excluding hydrogens is 437 g/mol. The molecule has 0 N–H and O–H groups in total. The number of fused-ring (bicyclic) bond motifs is 1. The van der Waals surface area contributed by atoms with Crippen molar-refractivity contribution in [2.45, 2.75) is 18.9 Å². The number of rotatable bonds is 6. The third-order valence-corrected chi connectivity index (χ3v) is 6.30. The van der Waals surface area contributed by atoms with Crippen LogP contribution in [0.5, 0.6) is 17.2 Å². The van der Waals surface area contributed by atoms with Crippen LogP contribution in [0.3, 0.4) is 0 Å². The van der Waals surface area contributed by atoms with E-state index in [-0.39, 0.29) is 37.1 Å². The molecule has 0 saturated carbocycles. The highest BCUT2D eigenvalue weighted by Crippen LogP contribution is 2.37. The molecule has 5 rings (SSSR count). The fourth-order valence-corrected chi connectivity index (χ4v) is 4.50. The van der Waals surface area contributed by atoms with Crippen LogP contribution in [-0.2, 0) is 11.3 Å². The molecule has 0 aliphatic carbocycles. The second-order valence-electron chi connectivity index (χ2n) is 8.52. The van der Waals surface area contributed by atoms with Crippen molar-refractivity contribution in [2.75, 3.05) is 26.5 Å². The van der Waals surface area contributed by atoms with Gasteiger partial charge in [0.25, 0.3) is 0 Å². The Labute approximate surface area is 197 Å². The van der Waals surface area contributed by atoms with Gasteiger partial charge in [0, 0.05) is 25.1 Å². The fraction of sp³-hybridized carbons (Fsp3) is 0.296. The molecule has 34 heavy (non-hydrogen) atoms. The summed E-state index contributed by atoms with van der Waals surface area (Å²) in [6, 6.07) is 21.7. The number of amides is 1. The summed E-state index contributed by atoms with van der Waals surface area (Å²) in [5.74, 6) is 1.90. The van der Waals surface area contributed by atoms with Crippen molar-refractivity contribution in [1.29, 1.82) is 0 Å². The van der Waals surface area contributed by atoms with Crippen LogP contribution < -0.4 is 14.2 Å². The van der Waals surface area contributed by atoms with Crippen molar-refractivity contribution < 1.29 is 28.1 Å². The third-order valence-electron chi connectivity index (χ3n) is 6.30. The minimum Gasteiger partial charge on any atom is -0.493 e. The molecule has 7 heteroatoms. The number of carbonyl (C=O) groups is 1. The molecule has 0 unspecified atom stereocenters. The first kappa shape index (κ1) is 22.1. The van der Waals surface area contributed by atoms with Crippen molar-refractivity contribution in [3.8, 4) is 17.2 Å². The van der Waals surface area contributed by atoms with Crippen LogP contribution in [0.4, 0.5) is 9.18 Å². The zero-order valence-corrected chi connectivity index (χ0v) is 18.7. The molecule has 1 saturated heterocycles. The number of piperidine rings is 1. The van der Waals surface area contributed by atoms with E-state index in [1.807, 2.05) is 60.7 Å². The zero-order chi connectivity index (χ0) is 23.3. The number of likely N-dealkylation sites (tertiary alicyclic amines) is 1. The fourth-order valence-electron chi connectivity index (χ4n) is 4.50. The van der Waals surface area contributed by atoms with E-state index in [4.69, 9.17) is 18.9 Å². The van der Waals surface area contributed by atoms with Crippen molar-refractivity contribution in [1.82, 2.24) is 4.90 Å². The summed E-state index contributed by atoms with van der Waals surface area (Å²) in [5, 5.41) is 0. The first-order valence-corrected chi connectivity index (χ1v) is 11.4. The van der Waals surface area contributed by atoms with Crippen LogP contribution >= 0.6 is 0 Å². The van der Waals surface area contributed by atoms with Crippen molar-refractivity contribution >= 4 is 6.09 Å². The van der Waals surface area contributed by atoms with E-state index in [2.05, 4.69) is 0 Å². The molecular formula is C27H26FNO5. The Morgan fingerprint density at radius 2 is 1.79 bits per heavy atom. The Hall–Kier alpha value is -3.74.